The van der Waals surface area contributed by atoms with Crippen LogP contribution in [0.4, 0.5) is 5.82 Å². The van der Waals surface area contributed by atoms with Crippen LogP contribution in [-0.4, -0.2) is 22.4 Å². The molecule has 2 aromatic rings. The lowest BCUT2D eigenvalue weighted by molar-refractivity contribution is 0.102. The van der Waals surface area contributed by atoms with E-state index in [9.17, 15) is 4.79 Å². The normalized spacial score (nSPS) is 10.8. The Balaban J connectivity index is 2.19. The van der Waals surface area contributed by atoms with Crippen LogP contribution in [0, 0.1) is 0 Å². The van der Waals surface area contributed by atoms with Crippen molar-refractivity contribution < 1.29 is 4.79 Å². The molecule has 1 amide bonds. The van der Waals surface area contributed by atoms with E-state index >= 15 is 0 Å². The summed E-state index contributed by atoms with van der Waals surface area (Å²) in [6.07, 6.45) is 1.95. The van der Waals surface area contributed by atoms with Crippen LogP contribution in [0.1, 0.15) is 35.8 Å². The van der Waals surface area contributed by atoms with Crippen molar-refractivity contribution in [3.63, 3.8) is 0 Å². The Morgan fingerprint density at radius 2 is 2.15 bits per heavy atom. The van der Waals surface area contributed by atoms with Gasteiger partial charge in [-0.1, -0.05) is 25.4 Å². The maximum absolute atomic E-state index is 12.2. The number of halogens is 1. The standard InChI is InChI=1S/C14H16ClN3OS/c1-8(2)12-7-13(18-17-12)16-14(19)10-6-9(20-3)4-5-11(10)15/h4-8H,1-3H3,(H2,16,17,18,19). The fraction of sp³-hybridized carbons (Fsp3) is 0.286. The molecule has 0 aliphatic rings. The minimum atomic E-state index is -0.257. The van der Waals surface area contributed by atoms with E-state index in [2.05, 4.69) is 29.4 Å². The van der Waals surface area contributed by atoms with Crippen LogP contribution in [0.15, 0.2) is 29.2 Å². The number of aromatic amines is 1. The lowest BCUT2D eigenvalue weighted by atomic mass is 10.1. The molecule has 2 rings (SSSR count). The molecular formula is C14H16ClN3OS. The van der Waals surface area contributed by atoms with Crippen LogP contribution >= 0.6 is 23.4 Å². The molecule has 0 bridgehead atoms. The van der Waals surface area contributed by atoms with Crippen LogP contribution in [0.5, 0.6) is 0 Å². The number of thioether (sulfide) groups is 1. The Morgan fingerprint density at radius 1 is 1.40 bits per heavy atom. The maximum Gasteiger partial charge on any atom is 0.258 e. The van der Waals surface area contributed by atoms with Gasteiger partial charge in [0.15, 0.2) is 5.82 Å². The van der Waals surface area contributed by atoms with Crippen LogP contribution in [0.25, 0.3) is 0 Å². The number of carbonyl (C=O) groups is 1. The number of H-pyrrole nitrogens is 1. The van der Waals surface area contributed by atoms with E-state index in [1.54, 1.807) is 23.9 Å². The van der Waals surface area contributed by atoms with Crippen molar-refractivity contribution in [2.75, 3.05) is 11.6 Å². The fourth-order valence-electron chi connectivity index (χ4n) is 1.69. The monoisotopic (exact) mass is 309 g/mol. The molecule has 0 aliphatic carbocycles. The van der Waals surface area contributed by atoms with Gasteiger partial charge < -0.3 is 5.32 Å². The van der Waals surface area contributed by atoms with Gasteiger partial charge in [0.1, 0.15) is 0 Å². The molecule has 1 heterocycles. The molecule has 20 heavy (non-hydrogen) atoms. The summed E-state index contributed by atoms with van der Waals surface area (Å²) >= 11 is 7.63. The van der Waals surface area contributed by atoms with E-state index in [1.165, 1.54) is 0 Å². The van der Waals surface area contributed by atoms with Gasteiger partial charge in [-0.05, 0) is 30.4 Å². The van der Waals surface area contributed by atoms with Gasteiger partial charge in [0.2, 0.25) is 0 Å². The Bertz CT molecular complexity index is 625. The number of nitrogens with zero attached hydrogens (tertiary/aromatic N) is 1. The van der Waals surface area contributed by atoms with Gasteiger partial charge in [-0.15, -0.1) is 11.8 Å². The highest BCUT2D eigenvalue weighted by atomic mass is 35.5. The van der Waals surface area contributed by atoms with Crippen molar-refractivity contribution in [2.24, 2.45) is 0 Å². The summed E-state index contributed by atoms with van der Waals surface area (Å²) in [7, 11) is 0. The molecule has 1 aromatic carbocycles. The van der Waals surface area contributed by atoms with Crippen molar-refractivity contribution in [1.29, 1.82) is 0 Å². The van der Waals surface area contributed by atoms with Gasteiger partial charge in [-0.3, -0.25) is 9.89 Å². The second-order valence-electron chi connectivity index (χ2n) is 4.66. The second-order valence-corrected chi connectivity index (χ2v) is 5.95. The molecule has 0 spiro atoms. The average molecular weight is 310 g/mol. The summed E-state index contributed by atoms with van der Waals surface area (Å²) in [6, 6.07) is 7.22. The number of rotatable bonds is 4. The van der Waals surface area contributed by atoms with Crippen LogP contribution in [0.2, 0.25) is 5.02 Å². The quantitative estimate of drug-likeness (QED) is 0.834. The molecule has 2 N–H and O–H groups in total. The number of hydrogen-bond donors (Lipinski definition) is 2. The Morgan fingerprint density at radius 3 is 2.75 bits per heavy atom. The first-order chi connectivity index (χ1) is 9.51. The number of anilines is 1. The van der Waals surface area contributed by atoms with E-state index in [-0.39, 0.29) is 5.91 Å². The van der Waals surface area contributed by atoms with Crippen molar-refractivity contribution in [2.45, 2.75) is 24.7 Å². The number of hydrogen-bond acceptors (Lipinski definition) is 3. The largest absolute Gasteiger partial charge is 0.305 e. The zero-order chi connectivity index (χ0) is 14.7. The van der Waals surface area contributed by atoms with E-state index < -0.39 is 0 Å². The molecule has 0 saturated carbocycles. The molecule has 0 atom stereocenters. The second kappa shape index (κ2) is 6.33. The highest BCUT2D eigenvalue weighted by molar-refractivity contribution is 7.98. The van der Waals surface area contributed by atoms with Crippen LogP contribution < -0.4 is 5.32 Å². The van der Waals surface area contributed by atoms with E-state index in [0.717, 1.165) is 10.6 Å². The van der Waals surface area contributed by atoms with E-state index in [0.29, 0.717) is 22.3 Å². The minimum Gasteiger partial charge on any atom is -0.305 e. The number of nitrogens with one attached hydrogen (secondary N) is 2. The lowest BCUT2D eigenvalue weighted by Gasteiger charge is -2.06. The Hall–Kier alpha value is -1.46. The van der Waals surface area contributed by atoms with Gasteiger partial charge in [-0.25, -0.2) is 0 Å². The van der Waals surface area contributed by atoms with Crippen LogP contribution in [0.3, 0.4) is 0 Å². The van der Waals surface area contributed by atoms with E-state index in [4.69, 9.17) is 11.6 Å². The SMILES string of the molecule is CSc1ccc(Cl)c(C(=O)Nc2cc(C(C)C)[nH]n2)c1. The van der Waals surface area contributed by atoms with Crippen LogP contribution in [-0.2, 0) is 0 Å². The van der Waals surface area contributed by atoms with Gasteiger partial charge in [-0.2, -0.15) is 5.10 Å². The third-order valence-electron chi connectivity index (χ3n) is 2.88. The lowest BCUT2D eigenvalue weighted by Crippen LogP contribution is -2.12. The summed E-state index contributed by atoms with van der Waals surface area (Å²) in [4.78, 5) is 13.2. The van der Waals surface area contributed by atoms with Crippen molar-refractivity contribution in [3.05, 3.63) is 40.5 Å². The molecule has 1 aromatic heterocycles. The molecule has 0 aliphatic heterocycles. The molecule has 6 heteroatoms. The van der Waals surface area contributed by atoms with E-state index in [1.807, 2.05) is 18.4 Å². The molecule has 0 unspecified atom stereocenters. The first-order valence-electron chi connectivity index (χ1n) is 6.21. The average Bonchev–Trinajstić information content (AvgIpc) is 2.88. The summed E-state index contributed by atoms with van der Waals surface area (Å²) in [6.45, 7) is 4.11. The Kier molecular flexibility index (Phi) is 4.73. The summed E-state index contributed by atoms with van der Waals surface area (Å²) < 4.78 is 0. The summed E-state index contributed by atoms with van der Waals surface area (Å²) in [5.74, 6) is 0.577. The van der Waals surface area contributed by atoms with Gasteiger partial charge in [0.05, 0.1) is 10.6 Å². The number of carbonyl (C=O) groups excluding carboxylic acids is 1. The smallest absolute Gasteiger partial charge is 0.258 e. The zero-order valence-electron chi connectivity index (χ0n) is 11.5. The summed E-state index contributed by atoms with van der Waals surface area (Å²) in [5, 5.41) is 10.1. The first kappa shape index (κ1) is 14.9. The molecule has 0 fully saturated rings. The van der Waals surface area contributed by atoms with Gasteiger partial charge in [0.25, 0.3) is 5.91 Å². The molecular weight excluding hydrogens is 294 g/mol. The Labute approximate surface area is 127 Å². The highest BCUT2D eigenvalue weighted by Crippen LogP contribution is 2.24. The molecule has 106 valence electrons. The molecule has 0 radical (unpaired) electrons. The number of aromatic nitrogens is 2. The predicted molar refractivity (Wildman–Crippen MR) is 83.9 cm³/mol. The molecule has 0 saturated heterocycles. The fourth-order valence-corrected chi connectivity index (χ4v) is 2.33. The van der Waals surface area contributed by atoms with Crippen molar-refractivity contribution in [3.8, 4) is 0 Å². The predicted octanol–water partition coefficient (Wildman–Crippen LogP) is 4.16. The summed E-state index contributed by atoms with van der Waals surface area (Å²) in [5.41, 5.74) is 1.43. The maximum atomic E-state index is 12.2. The van der Waals surface area contributed by atoms with Crippen molar-refractivity contribution in [1.82, 2.24) is 10.2 Å². The first-order valence-corrected chi connectivity index (χ1v) is 7.81. The molecule has 4 nitrogen and oxygen atoms in total. The topological polar surface area (TPSA) is 57.8 Å². The third-order valence-corrected chi connectivity index (χ3v) is 3.93. The van der Waals surface area contributed by atoms with Gasteiger partial charge in [0, 0.05) is 16.7 Å². The zero-order valence-corrected chi connectivity index (χ0v) is 13.1. The number of benzene rings is 1. The van der Waals surface area contributed by atoms with Gasteiger partial charge >= 0.3 is 0 Å². The van der Waals surface area contributed by atoms with Crippen molar-refractivity contribution >= 4 is 35.1 Å². The highest BCUT2D eigenvalue weighted by Gasteiger charge is 2.13. The number of amides is 1. The minimum absolute atomic E-state index is 0.257. The third kappa shape index (κ3) is 3.35.